The van der Waals surface area contributed by atoms with Crippen molar-refractivity contribution in [3.63, 3.8) is 0 Å². The number of alkyl halides is 1. The Morgan fingerprint density at radius 3 is 2.78 bits per heavy atom. The molecule has 4 heterocycles. The molecule has 2 aromatic heterocycles. The van der Waals surface area contributed by atoms with Crippen molar-refractivity contribution in [1.82, 2.24) is 14.6 Å². The molecular weight excluding hydrogens is 422 g/mol. The number of aryl methyl sites for hydroxylation is 2. The van der Waals surface area contributed by atoms with Gasteiger partial charge in [-0.05, 0) is 37.6 Å². The molecule has 8 nitrogen and oxygen atoms in total. The van der Waals surface area contributed by atoms with Gasteiger partial charge in [0.15, 0.2) is 29.1 Å². The van der Waals surface area contributed by atoms with Crippen molar-refractivity contribution in [2.24, 2.45) is 0 Å². The lowest BCUT2D eigenvalue weighted by molar-refractivity contribution is 0.0809. The van der Waals surface area contributed by atoms with Crippen molar-refractivity contribution in [2.75, 3.05) is 31.1 Å². The number of rotatable bonds is 3. The van der Waals surface area contributed by atoms with Crippen molar-refractivity contribution in [1.29, 1.82) is 0 Å². The highest BCUT2D eigenvalue weighted by atomic mass is 19.1. The molecule has 3 aromatic rings. The van der Waals surface area contributed by atoms with Crippen LogP contribution in [0.4, 0.5) is 14.6 Å². The van der Waals surface area contributed by atoms with E-state index in [1.165, 1.54) is 25.1 Å². The summed E-state index contributed by atoms with van der Waals surface area (Å²) in [6.07, 6.45) is -2.03. The summed E-state index contributed by atoms with van der Waals surface area (Å²) in [5, 5.41) is 4.24. The zero-order valence-corrected chi connectivity index (χ0v) is 17.3. The number of fused-ring (bicyclic) bond motifs is 2. The van der Waals surface area contributed by atoms with Crippen LogP contribution in [0.1, 0.15) is 23.2 Å². The first kappa shape index (κ1) is 16.2. The van der Waals surface area contributed by atoms with Gasteiger partial charge in [0, 0.05) is 19.0 Å². The molecule has 5 rings (SSSR count). The molecule has 0 amide bonds. The number of anilines is 1. The molecule has 0 aliphatic carbocycles. The third-order valence-corrected chi connectivity index (χ3v) is 5.44. The van der Waals surface area contributed by atoms with Gasteiger partial charge in [0.2, 0.25) is 5.82 Å². The summed E-state index contributed by atoms with van der Waals surface area (Å²) in [5.41, 5.74) is -0.0961. The maximum absolute atomic E-state index is 15.2. The van der Waals surface area contributed by atoms with E-state index in [0.29, 0.717) is 17.9 Å². The van der Waals surface area contributed by atoms with Crippen LogP contribution in [0, 0.1) is 19.7 Å². The Balaban J connectivity index is 1.33. The second-order valence-electron chi connectivity index (χ2n) is 7.66. The fourth-order valence-corrected chi connectivity index (χ4v) is 3.82. The molecule has 2 aliphatic rings. The van der Waals surface area contributed by atoms with Crippen molar-refractivity contribution in [3.8, 4) is 17.2 Å². The molecule has 0 spiro atoms. The summed E-state index contributed by atoms with van der Waals surface area (Å²) in [6, 6.07) is 5.76. The Hall–Kier alpha value is -3.43. The minimum atomic E-state index is -2.73. The Morgan fingerprint density at radius 1 is 1.22 bits per heavy atom. The van der Waals surface area contributed by atoms with E-state index in [-0.39, 0.29) is 41.6 Å². The average molecular weight is 448 g/mol. The van der Waals surface area contributed by atoms with Gasteiger partial charge in [0.1, 0.15) is 25.0 Å². The number of hydrogen-bond donors (Lipinski definition) is 0. The molecule has 0 radical (unpaired) electrons. The Morgan fingerprint density at radius 2 is 2.00 bits per heavy atom. The zero-order chi connectivity index (χ0) is 26.0. The minimum absolute atomic E-state index is 0.00306. The third-order valence-electron chi connectivity index (χ3n) is 5.44. The molecular formula is C22H22F2N4O4. The maximum atomic E-state index is 15.2. The van der Waals surface area contributed by atoms with Gasteiger partial charge in [-0.15, -0.1) is 5.10 Å². The van der Waals surface area contributed by atoms with Crippen LogP contribution in [-0.4, -0.2) is 53.1 Å². The number of nitrogens with zero attached hydrogens (tertiary/aromatic N) is 4. The molecule has 10 heteroatoms. The predicted molar refractivity (Wildman–Crippen MR) is 112 cm³/mol. The first-order valence-electron chi connectivity index (χ1n) is 12.0. The van der Waals surface area contributed by atoms with Crippen LogP contribution in [0.15, 0.2) is 29.1 Å². The molecule has 0 bridgehead atoms. The molecule has 2 atom stereocenters. The largest absolute Gasteiger partial charge is 0.487 e. The van der Waals surface area contributed by atoms with E-state index in [1.807, 2.05) is 0 Å². The van der Waals surface area contributed by atoms with E-state index in [4.69, 9.17) is 19.7 Å². The lowest BCUT2D eigenvalue weighted by atomic mass is 10.1. The summed E-state index contributed by atoms with van der Waals surface area (Å²) in [4.78, 5) is 18.0. The van der Waals surface area contributed by atoms with Crippen molar-refractivity contribution < 1.29 is 28.5 Å². The number of ether oxygens (including phenoxy) is 3. The zero-order valence-electron chi connectivity index (χ0n) is 21.3. The lowest BCUT2D eigenvalue weighted by Crippen LogP contribution is -2.48. The Labute approximate surface area is 188 Å². The maximum Gasteiger partial charge on any atom is 0.310 e. The normalized spacial score (nSPS) is 25.4. The number of benzene rings is 1. The minimum Gasteiger partial charge on any atom is -0.487 e. The molecule has 2 aliphatic heterocycles. The van der Waals surface area contributed by atoms with E-state index >= 15 is 4.39 Å². The highest BCUT2D eigenvalue weighted by Gasteiger charge is 2.33. The number of halogens is 2. The molecule has 1 saturated heterocycles. The van der Waals surface area contributed by atoms with Gasteiger partial charge in [0.25, 0.3) is 0 Å². The van der Waals surface area contributed by atoms with Crippen LogP contribution < -0.4 is 24.7 Å². The van der Waals surface area contributed by atoms with Crippen LogP contribution in [0.5, 0.6) is 17.2 Å². The molecule has 0 unspecified atom stereocenters. The highest BCUT2D eigenvalue weighted by Crippen LogP contribution is 2.35. The van der Waals surface area contributed by atoms with Gasteiger partial charge < -0.3 is 19.1 Å². The summed E-state index contributed by atoms with van der Waals surface area (Å²) in [7, 11) is 0. The quantitative estimate of drug-likeness (QED) is 0.610. The van der Waals surface area contributed by atoms with E-state index in [9.17, 15) is 9.18 Å². The summed E-state index contributed by atoms with van der Waals surface area (Å²) >= 11 is 0. The van der Waals surface area contributed by atoms with Gasteiger partial charge in [-0.1, -0.05) is 0 Å². The van der Waals surface area contributed by atoms with Crippen molar-refractivity contribution >= 4 is 11.5 Å². The van der Waals surface area contributed by atoms with Gasteiger partial charge in [0.05, 0.1) is 17.7 Å². The smallest absolute Gasteiger partial charge is 0.310 e. The van der Waals surface area contributed by atoms with E-state index < -0.39 is 36.8 Å². The van der Waals surface area contributed by atoms with E-state index in [1.54, 1.807) is 17.9 Å². The summed E-state index contributed by atoms with van der Waals surface area (Å²) in [5.74, 6) is -0.498. The molecule has 168 valence electrons. The number of hydrogen-bond acceptors (Lipinski definition) is 7. The number of aromatic nitrogens is 3. The van der Waals surface area contributed by atoms with Gasteiger partial charge in [-0.25, -0.2) is 9.37 Å². The van der Waals surface area contributed by atoms with E-state index in [0.717, 1.165) is 4.52 Å². The topological polar surface area (TPSA) is 78.2 Å². The Bertz CT molecular complexity index is 1420. The summed E-state index contributed by atoms with van der Waals surface area (Å²) < 4.78 is 76.8. The summed E-state index contributed by atoms with van der Waals surface area (Å²) in [6.45, 7) is -2.01. The predicted octanol–water partition coefficient (Wildman–Crippen LogP) is 2.61. The van der Waals surface area contributed by atoms with Gasteiger partial charge in [-0.2, -0.15) is 8.91 Å². The third kappa shape index (κ3) is 3.59. The standard InChI is InChI=1S/C22H22F2N4O4/c1-12-9-19-25-13(2)20(24)22(29)28(19)26-21(12)27-6-5-16(15(23)11-27)32-14-3-4-17-18(10-14)31-8-7-30-17/h3-4,9-10,15-16H,5-8,11H2,1-2H3/t15-,16+/m1/s1/i7D2,8D2. The molecule has 1 fully saturated rings. The van der Waals surface area contributed by atoms with Crippen LogP contribution in [0.3, 0.4) is 0 Å². The second kappa shape index (κ2) is 7.92. The SMILES string of the molecule is [2H]C1([2H])Oc2ccc(O[C@H]3CCN(c4nn5c(=O)c(F)c(C)nc5cc4C)C[C@H]3F)cc2OC1([2H])[2H]. The second-order valence-corrected chi connectivity index (χ2v) is 7.66. The number of piperidine rings is 1. The van der Waals surface area contributed by atoms with Crippen LogP contribution in [0.25, 0.3) is 5.65 Å². The lowest BCUT2D eigenvalue weighted by Gasteiger charge is -2.36. The molecule has 32 heavy (non-hydrogen) atoms. The van der Waals surface area contributed by atoms with Crippen LogP contribution in [0.2, 0.25) is 0 Å². The molecule has 0 saturated carbocycles. The first-order valence-corrected chi connectivity index (χ1v) is 10.0. The molecule has 1 aromatic carbocycles. The van der Waals surface area contributed by atoms with E-state index in [2.05, 4.69) is 10.1 Å². The molecule has 0 N–H and O–H groups in total. The van der Waals surface area contributed by atoms with Gasteiger partial charge in [-0.3, -0.25) is 4.79 Å². The monoisotopic (exact) mass is 448 g/mol. The first-order chi connectivity index (χ1) is 16.9. The van der Waals surface area contributed by atoms with Crippen LogP contribution >= 0.6 is 0 Å². The average Bonchev–Trinajstić information content (AvgIpc) is 2.79. The fourth-order valence-electron chi connectivity index (χ4n) is 3.82. The fraction of sp³-hybridized carbons (Fsp3) is 0.409. The van der Waals surface area contributed by atoms with Gasteiger partial charge >= 0.3 is 5.56 Å². The van der Waals surface area contributed by atoms with Crippen molar-refractivity contribution in [3.05, 3.63) is 51.7 Å². The Kier molecular flexibility index (Phi) is 4.02. The van der Waals surface area contributed by atoms with Crippen LogP contribution in [-0.2, 0) is 0 Å². The highest BCUT2D eigenvalue weighted by molar-refractivity contribution is 5.53. The van der Waals surface area contributed by atoms with Crippen molar-refractivity contribution in [2.45, 2.75) is 32.5 Å².